The fraction of sp³-hybridized carbons (Fsp3) is 0.500. The van der Waals surface area contributed by atoms with Crippen LogP contribution in [-0.4, -0.2) is 42.6 Å². The summed E-state index contributed by atoms with van der Waals surface area (Å²) >= 11 is 3.42. The van der Waals surface area contributed by atoms with Crippen molar-refractivity contribution in [1.29, 1.82) is 0 Å². The number of fused-ring (bicyclic) bond motifs is 1. The Labute approximate surface area is 161 Å². The van der Waals surface area contributed by atoms with E-state index < -0.39 is 0 Å². The van der Waals surface area contributed by atoms with Gasteiger partial charge < -0.3 is 4.90 Å². The van der Waals surface area contributed by atoms with Crippen molar-refractivity contribution in [2.45, 2.75) is 40.5 Å². The fourth-order valence-corrected chi connectivity index (χ4v) is 3.90. The Kier molecular flexibility index (Phi) is 4.38. The van der Waals surface area contributed by atoms with Crippen LogP contribution in [0.15, 0.2) is 10.8 Å². The predicted octanol–water partition coefficient (Wildman–Crippen LogP) is 2.98. The maximum atomic E-state index is 4.66. The predicted molar refractivity (Wildman–Crippen MR) is 103 cm³/mol. The molecule has 0 aliphatic carbocycles. The van der Waals surface area contributed by atoms with Gasteiger partial charge in [0.2, 0.25) is 0 Å². The maximum absolute atomic E-state index is 4.66. The van der Waals surface area contributed by atoms with Crippen molar-refractivity contribution >= 4 is 27.5 Å². The number of halogens is 1. The van der Waals surface area contributed by atoms with Gasteiger partial charge in [-0.1, -0.05) is 0 Å². The van der Waals surface area contributed by atoms with E-state index in [9.17, 15) is 0 Å². The van der Waals surface area contributed by atoms with Gasteiger partial charge in [0.15, 0.2) is 0 Å². The highest BCUT2D eigenvalue weighted by molar-refractivity contribution is 9.10. The lowest BCUT2D eigenvalue weighted by Gasteiger charge is -2.18. The van der Waals surface area contributed by atoms with Crippen LogP contribution >= 0.6 is 15.9 Å². The lowest BCUT2D eigenvalue weighted by molar-refractivity contribution is 0.577. The van der Waals surface area contributed by atoms with Crippen molar-refractivity contribution in [3.05, 3.63) is 39.3 Å². The highest BCUT2D eigenvalue weighted by Crippen LogP contribution is 2.27. The molecule has 4 heterocycles. The SMILES string of the molecule is Cc1nc2nc(C)c(CC3CCN(c4cnc(Br)c(C)n4)C3)c(C)n2n1. The molecule has 1 fully saturated rings. The third kappa shape index (κ3) is 3.06. The zero-order valence-corrected chi connectivity index (χ0v) is 17.1. The zero-order chi connectivity index (χ0) is 18.4. The molecule has 0 bridgehead atoms. The van der Waals surface area contributed by atoms with Crippen molar-refractivity contribution in [3.63, 3.8) is 0 Å². The van der Waals surface area contributed by atoms with Gasteiger partial charge in [-0.05, 0) is 67.9 Å². The first kappa shape index (κ1) is 17.3. The largest absolute Gasteiger partial charge is 0.355 e. The van der Waals surface area contributed by atoms with Crippen LogP contribution in [0.25, 0.3) is 5.78 Å². The lowest BCUT2D eigenvalue weighted by Crippen LogP contribution is -2.22. The minimum absolute atomic E-state index is 0.571. The fourth-order valence-electron chi connectivity index (χ4n) is 3.71. The molecule has 1 atom stereocenters. The summed E-state index contributed by atoms with van der Waals surface area (Å²) in [5.74, 6) is 2.98. The van der Waals surface area contributed by atoms with Gasteiger partial charge >= 0.3 is 0 Å². The van der Waals surface area contributed by atoms with E-state index in [1.165, 1.54) is 5.56 Å². The summed E-state index contributed by atoms with van der Waals surface area (Å²) < 4.78 is 2.68. The summed E-state index contributed by atoms with van der Waals surface area (Å²) in [4.78, 5) is 20.4. The second kappa shape index (κ2) is 6.57. The summed E-state index contributed by atoms with van der Waals surface area (Å²) in [7, 11) is 0. The van der Waals surface area contributed by atoms with Gasteiger partial charge in [0.05, 0.1) is 11.9 Å². The average molecular weight is 416 g/mol. The van der Waals surface area contributed by atoms with Gasteiger partial charge in [-0.25, -0.2) is 19.5 Å². The van der Waals surface area contributed by atoms with Crippen LogP contribution in [0.2, 0.25) is 0 Å². The smallest absolute Gasteiger partial charge is 0.252 e. The summed E-state index contributed by atoms with van der Waals surface area (Å²) in [5, 5.41) is 4.48. The van der Waals surface area contributed by atoms with Gasteiger partial charge in [-0.3, -0.25) is 0 Å². The van der Waals surface area contributed by atoms with Gasteiger partial charge in [0.25, 0.3) is 5.78 Å². The number of aryl methyl sites for hydroxylation is 4. The van der Waals surface area contributed by atoms with E-state index in [0.29, 0.717) is 11.7 Å². The Hall–Kier alpha value is -2.09. The molecule has 136 valence electrons. The van der Waals surface area contributed by atoms with Crippen molar-refractivity contribution < 1.29 is 0 Å². The van der Waals surface area contributed by atoms with E-state index >= 15 is 0 Å². The molecular weight excluding hydrogens is 394 g/mol. The first-order valence-electron chi connectivity index (χ1n) is 8.86. The molecule has 0 aromatic carbocycles. The number of hydrogen-bond acceptors (Lipinski definition) is 6. The number of hydrogen-bond donors (Lipinski definition) is 0. The molecule has 7 nitrogen and oxygen atoms in total. The van der Waals surface area contributed by atoms with Gasteiger partial charge in [0.1, 0.15) is 16.2 Å². The van der Waals surface area contributed by atoms with Crippen LogP contribution in [-0.2, 0) is 6.42 Å². The molecule has 0 N–H and O–H groups in total. The Morgan fingerprint density at radius 1 is 1.12 bits per heavy atom. The molecule has 0 spiro atoms. The number of aromatic nitrogens is 6. The molecule has 0 radical (unpaired) electrons. The maximum Gasteiger partial charge on any atom is 0.252 e. The van der Waals surface area contributed by atoms with Crippen LogP contribution < -0.4 is 4.90 Å². The average Bonchev–Trinajstić information content (AvgIpc) is 3.20. The normalized spacial score (nSPS) is 17.4. The highest BCUT2D eigenvalue weighted by atomic mass is 79.9. The first-order chi connectivity index (χ1) is 12.4. The number of rotatable bonds is 3. The van der Waals surface area contributed by atoms with E-state index in [2.05, 4.69) is 59.7 Å². The Balaban J connectivity index is 1.55. The molecule has 1 aliphatic rings. The molecule has 26 heavy (non-hydrogen) atoms. The molecule has 4 rings (SSSR count). The molecule has 0 amide bonds. The topological polar surface area (TPSA) is 72.1 Å². The standard InChI is InChI=1S/C18H22BrN7/c1-10-15(12(3)26-18(22-10)23-13(4)24-26)7-14-5-6-25(9-14)16-8-20-17(19)11(2)21-16/h8,14H,5-7,9H2,1-4H3. The van der Waals surface area contributed by atoms with Crippen molar-refractivity contribution in [2.24, 2.45) is 5.92 Å². The minimum atomic E-state index is 0.571. The summed E-state index contributed by atoms with van der Waals surface area (Å²) in [6.07, 6.45) is 3.99. The highest BCUT2D eigenvalue weighted by Gasteiger charge is 2.26. The molecule has 3 aromatic heterocycles. The molecule has 1 aliphatic heterocycles. The molecule has 3 aromatic rings. The molecule has 1 saturated heterocycles. The Morgan fingerprint density at radius 3 is 2.69 bits per heavy atom. The molecule has 1 unspecified atom stereocenters. The van der Waals surface area contributed by atoms with Crippen LogP contribution in [0.1, 0.15) is 34.9 Å². The third-order valence-corrected chi connectivity index (χ3v) is 5.91. The number of anilines is 1. The molecule has 0 saturated carbocycles. The lowest BCUT2D eigenvalue weighted by atomic mass is 9.96. The summed E-state index contributed by atoms with van der Waals surface area (Å²) in [5.41, 5.74) is 4.41. The third-order valence-electron chi connectivity index (χ3n) is 5.13. The zero-order valence-electron chi connectivity index (χ0n) is 15.5. The van der Waals surface area contributed by atoms with Crippen LogP contribution in [0.5, 0.6) is 0 Å². The summed E-state index contributed by atoms with van der Waals surface area (Å²) in [6, 6.07) is 0. The van der Waals surface area contributed by atoms with Crippen LogP contribution in [0.4, 0.5) is 5.82 Å². The Bertz CT molecular complexity index is 981. The quantitative estimate of drug-likeness (QED) is 0.654. The first-order valence-corrected chi connectivity index (χ1v) is 9.65. The second-order valence-corrected chi connectivity index (χ2v) is 7.79. The van der Waals surface area contributed by atoms with Crippen LogP contribution in [0.3, 0.4) is 0 Å². The summed E-state index contributed by atoms with van der Waals surface area (Å²) in [6.45, 7) is 10.1. The number of nitrogens with zero attached hydrogens (tertiary/aromatic N) is 7. The van der Waals surface area contributed by atoms with E-state index in [-0.39, 0.29) is 0 Å². The van der Waals surface area contributed by atoms with Crippen molar-refractivity contribution in [2.75, 3.05) is 18.0 Å². The van der Waals surface area contributed by atoms with E-state index in [4.69, 9.17) is 0 Å². The Morgan fingerprint density at radius 2 is 1.92 bits per heavy atom. The van der Waals surface area contributed by atoms with Crippen molar-refractivity contribution in [1.82, 2.24) is 29.5 Å². The monoisotopic (exact) mass is 415 g/mol. The van der Waals surface area contributed by atoms with Gasteiger partial charge in [-0.15, -0.1) is 0 Å². The van der Waals surface area contributed by atoms with E-state index in [0.717, 1.165) is 59.3 Å². The molecular formula is C18H22BrN7. The minimum Gasteiger partial charge on any atom is -0.355 e. The van der Waals surface area contributed by atoms with Gasteiger partial charge in [0, 0.05) is 24.5 Å². The second-order valence-electron chi connectivity index (χ2n) is 7.04. The van der Waals surface area contributed by atoms with Crippen LogP contribution in [0, 0.1) is 33.6 Å². The molecule has 8 heteroatoms. The van der Waals surface area contributed by atoms with Gasteiger partial charge in [-0.2, -0.15) is 10.1 Å². The van der Waals surface area contributed by atoms with Crippen molar-refractivity contribution in [3.8, 4) is 0 Å². The van der Waals surface area contributed by atoms with E-state index in [1.807, 2.05) is 24.6 Å². The van der Waals surface area contributed by atoms with E-state index in [1.54, 1.807) is 0 Å².